The Balaban J connectivity index is 1.91. The van der Waals surface area contributed by atoms with Crippen molar-refractivity contribution in [3.8, 4) is 11.5 Å². The summed E-state index contributed by atoms with van der Waals surface area (Å²) < 4.78 is 10.6. The summed E-state index contributed by atoms with van der Waals surface area (Å²) in [7, 11) is 0. The summed E-state index contributed by atoms with van der Waals surface area (Å²) in [4.78, 5) is 11.8. The van der Waals surface area contributed by atoms with Gasteiger partial charge in [-0.1, -0.05) is 6.07 Å². The van der Waals surface area contributed by atoms with Gasteiger partial charge in [0.25, 0.3) is 0 Å². The fourth-order valence-corrected chi connectivity index (χ4v) is 2.18. The summed E-state index contributed by atoms with van der Waals surface area (Å²) in [6, 6.07) is 5.74. The van der Waals surface area contributed by atoms with Gasteiger partial charge in [-0.2, -0.15) is 0 Å². The topological polar surface area (TPSA) is 47.6 Å². The minimum atomic E-state index is -0.0387. The van der Waals surface area contributed by atoms with Crippen molar-refractivity contribution in [1.82, 2.24) is 5.32 Å². The van der Waals surface area contributed by atoms with E-state index in [1.165, 1.54) is 0 Å². The van der Waals surface area contributed by atoms with Gasteiger partial charge >= 0.3 is 0 Å². The van der Waals surface area contributed by atoms with Crippen LogP contribution in [-0.4, -0.2) is 25.7 Å². The molecule has 4 heteroatoms. The zero-order chi connectivity index (χ0) is 11.0. The fraction of sp³-hybridized carbons (Fsp3) is 0.417. The molecule has 2 aliphatic rings. The van der Waals surface area contributed by atoms with Gasteiger partial charge in [-0.25, -0.2) is 0 Å². The third kappa shape index (κ3) is 1.55. The number of rotatable bonds is 1. The Morgan fingerprint density at radius 3 is 3.00 bits per heavy atom. The standard InChI is InChI=1S/C12H13NO3/c14-10-3-4-13-6-9(10)8-1-2-11-12(5-8)16-7-15-11/h1-2,5,9,13H,3-4,6-7H2. The van der Waals surface area contributed by atoms with Crippen LogP contribution in [0.1, 0.15) is 17.9 Å². The van der Waals surface area contributed by atoms with Crippen molar-refractivity contribution >= 4 is 5.78 Å². The second-order valence-corrected chi connectivity index (χ2v) is 4.09. The number of carbonyl (C=O) groups is 1. The maximum atomic E-state index is 11.8. The minimum absolute atomic E-state index is 0.0387. The molecule has 4 nitrogen and oxygen atoms in total. The molecule has 1 fully saturated rings. The largest absolute Gasteiger partial charge is 0.454 e. The number of benzene rings is 1. The van der Waals surface area contributed by atoms with Crippen LogP contribution in [0.3, 0.4) is 0 Å². The second-order valence-electron chi connectivity index (χ2n) is 4.09. The highest BCUT2D eigenvalue weighted by atomic mass is 16.7. The van der Waals surface area contributed by atoms with E-state index in [2.05, 4.69) is 5.32 Å². The normalized spacial score (nSPS) is 23.5. The molecule has 0 saturated carbocycles. The van der Waals surface area contributed by atoms with Gasteiger partial charge in [-0.05, 0) is 17.7 Å². The quantitative estimate of drug-likeness (QED) is 0.767. The van der Waals surface area contributed by atoms with Crippen LogP contribution in [0.4, 0.5) is 0 Å². The molecule has 2 aliphatic heterocycles. The molecule has 1 atom stereocenters. The molecule has 0 spiro atoms. The van der Waals surface area contributed by atoms with E-state index in [-0.39, 0.29) is 12.7 Å². The Morgan fingerprint density at radius 2 is 2.12 bits per heavy atom. The number of piperidine rings is 1. The third-order valence-electron chi connectivity index (χ3n) is 3.08. The Hall–Kier alpha value is -1.55. The van der Waals surface area contributed by atoms with Gasteiger partial charge in [0.2, 0.25) is 6.79 Å². The first-order valence-electron chi connectivity index (χ1n) is 5.47. The molecule has 0 amide bonds. The van der Waals surface area contributed by atoms with E-state index >= 15 is 0 Å². The lowest BCUT2D eigenvalue weighted by Gasteiger charge is -2.22. The van der Waals surface area contributed by atoms with Crippen molar-refractivity contribution in [2.45, 2.75) is 12.3 Å². The van der Waals surface area contributed by atoms with Gasteiger partial charge < -0.3 is 14.8 Å². The molecule has 1 aromatic carbocycles. The first kappa shape index (κ1) is 9.66. The van der Waals surface area contributed by atoms with Gasteiger partial charge in [0.05, 0.1) is 5.92 Å². The molecule has 0 radical (unpaired) electrons. The van der Waals surface area contributed by atoms with Crippen LogP contribution in [0.5, 0.6) is 11.5 Å². The number of hydrogen-bond donors (Lipinski definition) is 1. The van der Waals surface area contributed by atoms with Crippen molar-refractivity contribution in [3.05, 3.63) is 23.8 Å². The van der Waals surface area contributed by atoms with E-state index in [0.717, 1.165) is 30.2 Å². The molecule has 1 unspecified atom stereocenters. The summed E-state index contributed by atoms with van der Waals surface area (Å²) in [5.74, 6) is 1.77. The summed E-state index contributed by atoms with van der Waals surface area (Å²) >= 11 is 0. The van der Waals surface area contributed by atoms with Gasteiger partial charge in [-0.15, -0.1) is 0 Å². The van der Waals surface area contributed by atoms with Crippen LogP contribution in [0.15, 0.2) is 18.2 Å². The highest BCUT2D eigenvalue weighted by Crippen LogP contribution is 2.35. The summed E-state index contributed by atoms with van der Waals surface area (Å²) in [5.41, 5.74) is 1.02. The number of carbonyl (C=O) groups excluding carboxylic acids is 1. The number of nitrogens with one attached hydrogen (secondary N) is 1. The molecule has 1 saturated heterocycles. The lowest BCUT2D eigenvalue weighted by molar-refractivity contribution is -0.121. The zero-order valence-corrected chi connectivity index (χ0v) is 8.86. The van der Waals surface area contributed by atoms with Crippen LogP contribution in [0, 0.1) is 0 Å². The average molecular weight is 219 g/mol. The van der Waals surface area contributed by atoms with Crippen LogP contribution in [-0.2, 0) is 4.79 Å². The molecule has 3 rings (SSSR count). The SMILES string of the molecule is O=C1CCNCC1c1ccc2c(c1)OCO2. The van der Waals surface area contributed by atoms with Crippen molar-refractivity contribution in [3.63, 3.8) is 0 Å². The Kier molecular flexibility index (Phi) is 2.29. The highest BCUT2D eigenvalue weighted by Gasteiger charge is 2.25. The van der Waals surface area contributed by atoms with Crippen LogP contribution in [0.2, 0.25) is 0 Å². The molecule has 0 bridgehead atoms. The van der Waals surface area contributed by atoms with Crippen molar-refractivity contribution in [1.29, 1.82) is 0 Å². The van der Waals surface area contributed by atoms with E-state index in [0.29, 0.717) is 12.2 Å². The Morgan fingerprint density at radius 1 is 1.25 bits per heavy atom. The summed E-state index contributed by atoms with van der Waals surface area (Å²) in [6.07, 6.45) is 0.610. The Bertz CT molecular complexity index is 430. The molecule has 1 N–H and O–H groups in total. The molecule has 84 valence electrons. The summed E-state index contributed by atoms with van der Waals surface area (Å²) in [5, 5.41) is 3.24. The number of ether oxygens (including phenoxy) is 2. The van der Waals surface area contributed by atoms with E-state index in [1.807, 2.05) is 18.2 Å². The maximum Gasteiger partial charge on any atom is 0.231 e. The molecule has 1 aromatic rings. The first-order chi connectivity index (χ1) is 7.84. The highest BCUT2D eigenvalue weighted by molar-refractivity contribution is 5.87. The molecule has 2 heterocycles. The van der Waals surface area contributed by atoms with E-state index in [9.17, 15) is 4.79 Å². The van der Waals surface area contributed by atoms with E-state index < -0.39 is 0 Å². The molecular formula is C12H13NO3. The van der Waals surface area contributed by atoms with Gasteiger partial charge in [-0.3, -0.25) is 4.79 Å². The van der Waals surface area contributed by atoms with E-state index in [4.69, 9.17) is 9.47 Å². The van der Waals surface area contributed by atoms with Gasteiger partial charge in [0.15, 0.2) is 11.5 Å². The monoisotopic (exact) mass is 219 g/mol. The number of fused-ring (bicyclic) bond motifs is 1. The number of Topliss-reactive ketones (excluding diaryl/α,β-unsaturated/α-hetero) is 1. The lowest BCUT2D eigenvalue weighted by Crippen LogP contribution is -2.35. The molecule has 16 heavy (non-hydrogen) atoms. The predicted molar refractivity (Wildman–Crippen MR) is 57.8 cm³/mol. The zero-order valence-electron chi connectivity index (χ0n) is 8.86. The minimum Gasteiger partial charge on any atom is -0.454 e. The molecular weight excluding hydrogens is 206 g/mol. The van der Waals surface area contributed by atoms with Gasteiger partial charge in [0, 0.05) is 19.5 Å². The fourth-order valence-electron chi connectivity index (χ4n) is 2.18. The van der Waals surface area contributed by atoms with Crippen LogP contribution >= 0.6 is 0 Å². The van der Waals surface area contributed by atoms with Crippen molar-refractivity contribution in [2.75, 3.05) is 19.9 Å². The van der Waals surface area contributed by atoms with Crippen molar-refractivity contribution < 1.29 is 14.3 Å². The van der Waals surface area contributed by atoms with Crippen LogP contribution < -0.4 is 14.8 Å². The maximum absolute atomic E-state index is 11.8. The number of ketones is 1. The van der Waals surface area contributed by atoms with E-state index in [1.54, 1.807) is 0 Å². The molecule has 0 aromatic heterocycles. The number of hydrogen-bond acceptors (Lipinski definition) is 4. The van der Waals surface area contributed by atoms with Crippen molar-refractivity contribution in [2.24, 2.45) is 0 Å². The summed E-state index contributed by atoms with van der Waals surface area (Å²) in [6.45, 7) is 1.79. The van der Waals surface area contributed by atoms with Gasteiger partial charge in [0.1, 0.15) is 5.78 Å². The average Bonchev–Trinajstić information content (AvgIpc) is 2.76. The first-order valence-corrected chi connectivity index (χ1v) is 5.47. The third-order valence-corrected chi connectivity index (χ3v) is 3.08. The Labute approximate surface area is 93.5 Å². The molecule has 0 aliphatic carbocycles. The second kappa shape index (κ2) is 3.79. The smallest absolute Gasteiger partial charge is 0.231 e. The predicted octanol–water partition coefficient (Wildman–Crippen LogP) is 1.06. The van der Waals surface area contributed by atoms with Crippen LogP contribution in [0.25, 0.3) is 0 Å². The lowest BCUT2D eigenvalue weighted by atomic mass is 9.90.